The van der Waals surface area contributed by atoms with Gasteiger partial charge in [0, 0.05) is 6.04 Å². The minimum Gasteiger partial charge on any atom is -0.393 e. The van der Waals surface area contributed by atoms with Crippen LogP contribution in [-0.4, -0.2) is 16.9 Å². The number of nitrogen functional groups attached to an aromatic ring is 1. The van der Waals surface area contributed by atoms with Gasteiger partial charge in [0.25, 0.3) is 5.91 Å². The van der Waals surface area contributed by atoms with E-state index in [1.54, 1.807) is 6.07 Å². The topological polar surface area (TPSA) is 98.3 Å². The summed E-state index contributed by atoms with van der Waals surface area (Å²) in [6, 6.07) is 4.55. The van der Waals surface area contributed by atoms with Crippen LogP contribution in [0.15, 0.2) is 18.2 Å². The number of rotatable bonds is 3. The van der Waals surface area contributed by atoms with Crippen LogP contribution in [0.4, 0.5) is 11.4 Å². The lowest BCUT2D eigenvalue weighted by Crippen LogP contribution is -2.35. The summed E-state index contributed by atoms with van der Waals surface area (Å²) in [6.07, 6.45) is 7.66. The molecule has 1 aliphatic rings. The predicted molar refractivity (Wildman–Crippen MR) is 81.1 cm³/mol. The first kappa shape index (κ1) is 15.3. The monoisotopic (exact) mass is 291 g/mol. The number of anilines is 1. The van der Waals surface area contributed by atoms with Gasteiger partial charge in [0.05, 0.1) is 4.92 Å². The van der Waals surface area contributed by atoms with E-state index in [-0.39, 0.29) is 23.0 Å². The van der Waals surface area contributed by atoms with Gasteiger partial charge in [-0.25, -0.2) is 0 Å². The Kier molecular flexibility index (Phi) is 5.14. The largest absolute Gasteiger partial charge is 0.393 e. The summed E-state index contributed by atoms with van der Waals surface area (Å²) in [5, 5.41) is 14.0. The number of hydrogen-bond acceptors (Lipinski definition) is 4. The van der Waals surface area contributed by atoms with E-state index in [2.05, 4.69) is 5.32 Å². The second kappa shape index (κ2) is 7.06. The molecule has 0 saturated heterocycles. The van der Waals surface area contributed by atoms with E-state index < -0.39 is 10.8 Å². The molecule has 21 heavy (non-hydrogen) atoms. The second-order valence-electron chi connectivity index (χ2n) is 5.52. The van der Waals surface area contributed by atoms with Gasteiger partial charge in [-0.1, -0.05) is 38.2 Å². The summed E-state index contributed by atoms with van der Waals surface area (Å²) in [6.45, 7) is 0. The Balaban J connectivity index is 2.12. The molecule has 6 nitrogen and oxygen atoms in total. The van der Waals surface area contributed by atoms with Crippen LogP contribution in [0.2, 0.25) is 0 Å². The van der Waals surface area contributed by atoms with Gasteiger partial charge in [-0.2, -0.15) is 0 Å². The molecule has 6 heteroatoms. The second-order valence-corrected chi connectivity index (χ2v) is 5.52. The number of carbonyl (C=O) groups excluding carboxylic acids is 1. The number of carbonyl (C=O) groups is 1. The van der Waals surface area contributed by atoms with Crippen molar-refractivity contribution in [1.29, 1.82) is 0 Å². The summed E-state index contributed by atoms with van der Waals surface area (Å²) in [7, 11) is 0. The fourth-order valence-corrected chi connectivity index (χ4v) is 2.81. The third-order valence-electron chi connectivity index (χ3n) is 3.93. The highest BCUT2D eigenvalue weighted by Gasteiger charge is 2.24. The standard InChI is InChI=1S/C15H21N3O3/c16-13-10-6-9-12(14(13)18(20)21)15(19)17-11-7-4-2-1-3-5-8-11/h6,9-11H,1-5,7-8,16H2,(H,17,19). The molecule has 0 unspecified atom stereocenters. The summed E-state index contributed by atoms with van der Waals surface area (Å²) in [5.74, 6) is -0.403. The van der Waals surface area contributed by atoms with Gasteiger partial charge in [-0.15, -0.1) is 0 Å². The molecule has 1 aromatic rings. The van der Waals surface area contributed by atoms with Crippen LogP contribution in [0.5, 0.6) is 0 Å². The van der Waals surface area contributed by atoms with Crippen LogP contribution in [0.3, 0.4) is 0 Å². The molecule has 1 fully saturated rings. The van der Waals surface area contributed by atoms with E-state index in [4.69, 9.17) is 5.73 Å². The Labute approximate surface area is 123 Å². The normalized spacial score (nSPS) is 16.8. The first-order chi connectivity index (χ1) is 10.1. The van der Waals surface area contributed by atoms with Crippen LogP contribution >= 0.6 is 0 Å². The lowest BCUT2D eigenvalue weighted by molar-refractivity contribution is -0.384. The van der Waals surface area contributed by atoms with Crippen molar-refractivity contribution in [3.8, 4) is 0 Å². The fourth-order valence-electron chi connectivity index (χ4n) is 2.81. The minimum absolute atomic E-state index is 0.0188. The highest BCUT2D eigenvalue weighted by atomic mass is 16.6. The summed E-state index contributed by atoms with van der Waals surface area (Å²) in [4.78, 5) is 22.8. The quantitative estimate of drug-likeness (QED) is 0.508. The molecule has 0 radical (unpaired) electrons. The molecule has 1 aromatic carbocycles. The van der Waals surface area contributed by atoms with Gasteiger partial charge in [0.15, 0.2) is 0 Å². The van der Waals surface area contributed by atoms with Crippen LogP contribution in [-0.2, 0) is 0 Å². The van der Waals surface area contributed by atoms with Gasteiger partial charge in [-0.3, -0.25) is 14.9 Å². The van der Waals surface area contributed by atoms with Gasteiger partial charge >= 0.3 is 5.69 Å². The molecule has 3 N–H and O–H groups in total. The van der Waals surface area contributed by atoms with E-state index >= 15 is 0 Å². The number of hydrogen-bond donors (Lipinski definition) is 2. The Morgan fingerprint density at radius 2 is 1.81 bits per heavy atom. The number of nitrogens with zero attached hydrogens (tertiary/aromatic N) is 1. The third-order valence-corrected chi connectivity index (χ3v) is 3.93. The molecule has 0 spiro atoms. The van der Waals surface area contributed by atoms with Crippen LogP contribution < -0.4 is 11.1 Å². The molecule has 0 aliphatic heterocycles. The van der Waals surface area contributed by atoms with Crippen LogP contribution in [0, 0.1) is 10.1 Å². The van der Waals surface area contributed by atoms with E-state index in [1.807, 2.05) is 0 Å². The van der Waals surface area contributed by atoms with Crippen molar-refractivity contribution in [3.05, 3.63) is 33.9 Å². The van der Waals surface area contributed by atoms with Crippen molar-refractivity contribution >= 4 is 17.3 Å². The number of benzene rings is 1. The van der Waals surface area contributed by atoms with E-state index in [0.29, 0.717) is 0 Å². The fraction of sp³-hybridized carbons (Fsp3) is 0.533. The minimum atomic E-state index is -0.595. The van der Waals surface area contributed by atoms with Crippen LogP contribution in [0.1, 0.15) is 55.3 Å². The highest BCUT2D eigenvalue weighted by Crippen LogP contribution is 2.26. The van der Waals surface area contributed by atoms with Crippen molar-refractivity contribution < 1.29 is 9.72 Å². The number of nitrogens with one attached hydrogen (secondary N) is 1. The third kappa shape index (κ3) is 3.93. The van der Waals surface area contributed by atoms with Crippen molar-refractivity contribution in [1.82, 2.24) is 5.32 Å². The van der Waals surface area contributed by atoms with E-state index in [0.717, 1.165) is 25.7 Å². The molecular weight excluding hydrogens is 270 g/mol. The van der Waals surface area contributed by atoms with E-state index in [1.165, 1.54) is 31.4 Å². The van der Waals surface area contributed by atoms with Crippen molar-refractivity contribution in [2.75, 3.05) is 5.73 Å². The SMILES string of the molecule is Nc1cccc(C(=O)NC2CCCCCCC2)c1[N+](=O)[O-]. The van der Waals surface area contributed by atoms with Gasteiger partial charge in [-0.05, 0) is 25.0 Å². The van der Waals surface area contributed by atoms with Gasteiger partial charge in [0.1, 0.15) is 11.3 Å². The molecule has 1 aliphatic carbocycles. The first-order valence-corrected chi connectivity index (χ1v) is 7.43. The molecule has 114 valence electrons. The Morgan fingerprint density at radius 1 is 1.19 bits per heavy atom. The number of nitro benzene ring substituents is 1. The number of nitro groups is 1. The lowest BCUT2D eigenvalue weighted by atomic mass is 9.96. The molecule has 0 atom stereocenters. The zero-order valence-electron chi connectivity index (χ0n) is 12.0. The summed E-state index contributed by atoms with van der Waals surface area (Å²) >= 11 is 0. The smallest absolute Gasteiger partial charge is 0.304 e. The zero-order valence-corrected chi connectivity index (χ0v) is 12.0. The predicted octanol–water partition coefficient (Wildman–Crippen LogP) is 3.02. The van der Waals surface area contributed by atoms with E-state index in [9.17, 15) is 14.9 Å². The Bertz CT molecular complexity index is 523. The molecule has 0 heterocycles. The average Bonchev–Trinajstić information content (AvgIpc) is 2.40. The number of nitrogens with two attached hydrogens (primary N) is 1. The highest BCUT2D eigenvalue weighted by molar-refractivity contribution is 6.00. The summed E-state index contributed by atoms with van der Waals surface area (Å²) in [5.41, 5.74) is 5.37. The summed E-state index contributed by atoms with van der Waals surface area (Å²) < 4.78 is 0. The van der Waals surface area contributed by atoms with Crippen molar-refractivity contribution in [2.24, 2.45) is 0 Å². The van der Waals surface area contributed by atoms with Gasteiger partial charge in [0.2, 0.25) is 0 Å². The average molecular weight is 291 g/mol. The number of amides is 1. The zero-order chi connectivity index (χ0) is 15.2. The maximum Gasteiger partial charge on any atom is 0.304 e. The Hall–Kier alpha value is -2.11. The van der Waals surface area contributed by atoms with Gasteiger partial charge < -0.3 is 11.1 Å². The van der Waals surface area contributed by atoms with Crippen molar-refractivity contribution in [2.45, 2.75) is 51.0 Å². The first-order valence-electron chi connectivity index (χ1n) is 7.43. The maximum atomic E-state index is 12.3. The lowest BCUT2D eigenvalue weighted by Gasteiger charge is -2.21. The number of para-hydroxylation sites is 1. The molecule has 0 aromatic heterocycles. The molecule has 2 rings (SSSR count). The maximum absolute atomic E-state index is 12.3. The van der Waals surface area contributed by atoms with Crippen LogP contribution in [0.25, 0.3) is 0 Å². The molecule has 1 amide bonds. The Morgan fingerprint density at radius 3 is 2.43 bits per heavy atom. The van der Waals surface area contributed by atoms with Crippen molar-refractivity contribution in [3.63, 3.8) is 0 Å². The molecule has 0 bridgehead atoms. The molecule has 1 saturated carbocycles. The molecular formula is C15H21N3O3.